The number of aromatic nitrogens is 5. The van der Waals surface area contributed by atoms with Gasteiger partial charge in [0.1, 0.15) is 29.4 Å². The molecule has 0 aliphatic carbocycles. The smallest absolute Gasteiger partial charge is 0.226 e. The van der Waals surface area contributed by atoms with E-state index in [1.807, 2.05) is 68.4 Å². The molecule has 2 aromatic carbocycles. The number of benzene rings is 2. The summed E-state index contributed by atoms with van der Waals surface area (Å²) in [6.45, 7) is 4.18. The Labute approximate surface area is 172 Å². The molecule has 0 atom stereocenters. The molecule has 0 amide bonds. The van der Waals surface area contributed by atoms with Crippen molar-refractivity contribution in [3.63, 3.8) is 0 Å². The van der Waals surface area contributed by atoms with Gasteiger partial charge in [0.2, 0.25) is 11.8 Å². The van der Waals surface area contributed by atoms with Crippen LogP contribution >= 0.6 is 0 Å². The number of fused-ring (bicyclic) bond motifs is 1. The zero-order chi connectivity index (χ0) is 20.5. The SMILES string of the molecule is CCc1nnnn1-c1cc2ccc(OCc3nc(-c4ccccc4)oc3C)cc2o1. The van der Waals surface area contributed by atoms with Gasteiger partial charge in [-0.05, 0) is 41.6 Å². The molecule has 0 aliphatic rings. The average Bonchev–Trinajstić information content (AvgIpc) is 3.50. The molecule has 8 heteroatoms. The largest absolute Gasteiger partial charge is 0.487 e. The number of tetrazole rings is 1. The Balaban J connectivity index is 1.36. The average molecular weight is 401 g/mol. The zero-order valence-electron chi connectivity index (χ0n) is 16.6. The fourth-order valence-electron chi connectivity index (χ4n) is 3.21. The van der Waals surface area contributed by atoms with Gasteiger partial charge in [-0.15, -0.1) is 5.10 Å². The molecular formula is C22H19N5O3. The fraction of sp³-hybridized carbons (Fsp3) is 0.182. The molecule has 0 saturated heterocycles. The lowest BCUT2D eigenvalue weighted by molar-refractivity contribution is 0.299. The zero-order valence-corrected chi connectivity index (χ0v) is 16.6. The molecule has 0 saturated carbocycles. The number of hydrogen-bond donors (Lipinski definition) is 0. The van der Waals surface area contributed by atoms with Crippen molar-refractivity contribution in [2.45, 2.75) is 26.9 Å². The van der Waals surface area contributed by atoms with Gasteiger partial charge in [-0.2, -0.15) is 4.68 Å². The maximum atomic E-state index is 5.95. The molecule has 0 N–H and O–H groups in total. The van der Waals surface area contributed by atoms with Gasteiger partial charge in [-0.25, -0.2) is 4.98 Å². The van der Waals surface area contributed by atoms with Crippen molar-refractivity contribution >= 4 is 11.0 Å². The molecule has 0 bridgehead atoms. The molecule has 0 fully saturated rings. The molecule has 5 rings (SSSR count). The quantitative estimate of drug-likeness (QED) is 0.413. The highest BCUT2D eigenvalue weighted by Gasteiger charge is 2.14. The van der Waals surface area contributed by atoms with E-state index in [0.717, 1.165) is 28.2 Å². The van der Waals surface area contributed by atoms with Gasteiger partial charge in [0, 0.05) is 29.5 Å². The van der Waals surface area contributed by atoms with Crippen LogP contribution in [-0.2, 0) is 13.0 Å². The highest BCUT2D eigenvalue weighted by atomic mass is 16.5. The van der Waals surface area contributed by atoms with Gasteiger partial charge in [-0.3, -0.25) is 0 Å². The van der Waals surface area contributed by atoms with Crippen molar-refractivity contribution in [1.82, 2.24) is 25.2 Å². The lowest BCUT2D eigenvalue weighted by Crippen LogP contribution is -2.00. The Hall–Kier alpha value is -3.94. The van der Waals surface area contributed by atoms with Gasteiger partial charge in [0.25, 0.3) is 0 Å². The minimum absolute atomic E-state index is 0.300. The first-order chi connectivity index (χ1) is 14.7. The summed E-state index contributed by atoms with van der Waals surface area (Å²) in [6, 6.07) is 17.4. The number of ether oxygens (including phenoxy) is 1. The second-order valence-corrected chi connectivity index (χ2v) is 6.82. The fourth-order valence-corrected chi connectivity index (χ4v) is 3.21. The predicted octanol–water partition coefficient (Wildman–Crippen LogP) is 4.51. The normalized spacial score (nSPS) is 11.3. The summed E-state index contributed by atoms with van der Waals surface area (Å²) < 4.78 is 19.3. The summed E-state index contributed by atoms with van der Waals surface area (Å²) in [5.41, 5.74) is 2.39. The maximum absolute atomic E-state index is 5.95. The Bertz CT molecular complexity index is 1300. The number of oxazole rings is 1. The van der Waals surface area contributed by atoms with Crippen molar-refractivity contribution in [1.29, 1.82) is 0 Å². The van der Waals surface area contributed by atoms with E-state index in [-0.39, 0.29) is 0 Å². The molecule has 0 unspecified atom stereocenters. The van der Waals surface area contributed by atoms with Crippen LogP contribution in [0.25, 0.3) is 28.3 Å². The van der Waals surface area contributed by atoms with Crippen LogP contribution in [0.5, 0.6) is 5.75 Å². The van der Waals surface area contributed by atoms with Crippen LogP contribution in [0, 0.1) is 6.92 Å². The summed E-state index contributed by atoms with van der Waals surface area (Å²) in [4.78, 5) is 4.57. The van der Waals surface area contributed by atoms with Crippen LogP contribution in [0.4, 0.5) is 0 Å². The van der Waals surface area contributed by atoms with Crippen LogP contribution in [0.15, 0.2) is 63.4 Å². The minimum atomic E-state index is 0.300. The van der Waals surface area contributed by atoms with E-state index in [2.05, 4.69) is 20.5 Å². The molecular weight excluding hydrogens is 382 g/mol. The minimum Gasteiger partial charge on any atom is -0.487 e. The molecule has 0 spiro atoms. The Morgan fingerprint density at radius 2 is 1.90 bits per heavy atom. The van der Waals surface area contributed by atoms with Gasteiger partial charge in [0.15, 0.2) is 5.82 Å². The van der Waals surface area contributed by atoms with Crippen molar-refractivity contribution < 1.29 is 13.6 Å². The van der Waals surface area contributed by atoms with Crippen molar-refractivity contribution in [2.75, 3.05) is 0 Å². The Kier molecular flexibility index (Phi) is 4.51. The van der Waals surface area contributed by atoms with E-state index in [4.69, 9.17) is 13.6 Å². The van der Waals surface area contributed by atoms with Crippen LogP contribution in [0.1, 0.15) is 24.2 Å². The molecule has 0 aliphatic heterocycles. The first kappa shape index (κ1) is 18.1. The molecule has 8 nitrogen and oxygen atoms in total. The maximum Gasteiger partial charge on any atom is 0.226 e. The highest BCUT2D eigenvalue weighted by molar-refractivity contribution is 5.80. The van der Waals surface area contributed by atoms with Crippen LogP contribution < -0.4 is 4.74 Å². The highest BCUT2D eigenvalue weighted by Crippen LogP contribution is 2.27. The number of aryl methyl sites for hydroxylation is 2. The summed E-state index contributed by atoms with van der Waals surface area (Å²) >= 11 is 0. The summed E-state index contributed by atoms with van der Waals surface area (Å²) in [5, 5.41) is 12.7. The van der Waals surface area contributed by atoms with E-state index in [1.165, 1.54) is 0 Å². The van der Waals surface area contributed by atoms with E-state index in [9.17, 15) is 0 Å². The summed E-state index contributed by atoms with van der Waals surface area (Å²) in [5.74, 6) is 3.32. The molecule has 150 valence electrons. The first-order valence-corrected chi connectivity index (χ1v) is 9.67. The number of hydrogen-bond acceptors (Lipinski definition) is 7. The Morgan fingerprint density at radius 1 is 1.03 bits per heavy atom. The number of furan rings is 1. The summed E-state index contributed by atoms with van der Waals surface area (Å²) in [6.07, 6.45) is 0.709. The van der Waals surface area contributed by atoms with E-state index >= 15 is 0 Å². The van der Waals surface area contributed by atoms with E-state index in [1.54, 1.807) is 4.68 Å². The van der Waals surface area contributed by atoms with Gasteiger partial charge in [0.05, 0.1) is 0 Å². The molecule has 5 aromatic rings. The van der Waals surface area contributed by atoms with Gasteiger partial charge < -0.3 is 13.6 Å². The van der Waals surface area contributed by atoms with Crippen molar-refractivity contribution in [2.24, 2.45) is 0 Å². The van der Waals surface area contributed by atoms with Crippen molar-refractivity contribution in [3.05, 3.63) is 71.9 Å². The predicted molar refractivity (Wildman–Crippen MR) is 109 cm³/mol. The third kappa shape index (κ3) is 3.32. The third-order valence-corrected chi connectivity index (χ3v) is 4.83. The lowest BCUT2D eigenvalue weighted by atomic mass is 10.2. The van der Waals surface area contributed by atoms with Crippen LogP contribution in [0.2, 0.25) is 0 Å². The summed E-state index contributed by atoms with van der Waals surface area (Å²) in [7, 11) is 0. The van der Waals surface area contributed by atoms with Crippen LogP contribution in [-0.4, -0.2) is 25.2 Å². The lowest BCUT2D eigenvalue weighted by Gasteiger charge is -2.04. The Morgan fingerprint density at radius 3 is 2.73 bits per heavy atom. The van der Waals surface area contributed by atoms with E-state index in [0.29, 0.717) is 36.1 Å². The second kappa shape index (κ2) is 7.47. The van der Waals surface area contributed by atoms with Crippen LogP contribution in [0.3, 0.4) is 0 Å². The molecule has 0 radical (unpaired) electrons. The van der Waals surface area contributed by atoms with Crippen molar-refractivity contribution in [3.8, 4) is 23.1 Å². The monoisotopic (exact) mass is 401 g/mol. The van der Waals surface area contributed by atoms with Gasteiger partial charge in [-0.1, -0.05) is 25.1 Å². The second-order valence-electron chi connectivity index (χ2n) is 6.82. The molecule has 30 heavy (non-hydrogen) atoms. The third-order valence-electron chi connectivity index (χ3n) is 4.83. The molecule has 3 aromatic heterocycles. The van der Waals surface area contributed by atoms with Gasteiger partial charge >= 0.3 is 0 Å². The van der Waals surface area contributed by atoms with E-state index < -0.39 is 0 Å². The first-order valence-electron chi connectivity index (χ1n) is 9.67. The topological polar surface area (TPSA) is 92.0 Å². The molecule has 3 heterocycles. The standard InChI is InChI=1S/C22H19N5O3/c1-3-20-24-25-26-27(20)21-11-16-9-10-17(12-19(16)30-21)28-13-18-14(2)29-22(23-18)15-7-5-4-6-8-15/h4-12H,3,13H2,1-2H3. The number of nitrogens with zero attached hydrogens (tertiary/aromatic N) is 5. The number of rotatable bonds is 6.